The molecule has 0 saturated heterocycles. The van der Waals surface area contributed by atoms with Crippen molar-refractivity contribution in [3.05, 3.63) is 83.6 Å². The van der Waals surface area contributed by atoms with Crippen molar-refractivity contribution in [1.82, 2.24) is 4.98 Å². The van der Waals surface area contributed by atoms with Crippen LogP contribution in [0.2, 0.25) is 0 Å². The lowest BCUT2D eigenvalue weighted by atomic mass is 10.1. The summed E-state index contributed by atoms with van der Waals surface area (Å²) >= 11 is 0. The van der Waals surface area contributed by atoms with Gasteiger partial charge in [0.1, 0.15) is 23.7 Å². The van der Waals surface area contributed by atoms with Crippen LogP contribution >= 0.6 is 0 Å². The van der Waals surface area contributed by atoms with Gasteiger partial charge in [-0.1, -0.05) is 30.3 Å². The summed E-state index contributed by atoms with van der Waals surface area (Å²) in [5, 5.41) is 2.90. The lowest BCUT2D eigenvalue weighted by Gasteiger charge is -2.08. The maximum atomic E-state index is 13.6. The minimum Gasteiger partial charge on any atom is -0.366 e. The van der Waals surface area contributed by atoms with Gasteiger partial charge in [-0.25, -0.2) is 13.8 Å². The van der Waals surface area contributed by atoms with E-state index in [1.165, 1.54) is 18.2 Å². The van der Waals surface area contributed by atoms with E-state index in [4.69, 9.17) is 0 Å². The Morgan fingerprint density at radius 2 is 1.58 bits per heavy atom. The highest BCUT2D eigenvalue weighted by molar-refractivity contribution is 5.76. The van der Waals surface area contributed by atoms with Gasteiger partial charge >= 0.3 is 0 Å². The molecular formula is C19H14F2N2O. The summed E-state index contributed by atoms with van der Waals surface area (Å²) in [6, 6.07) is 14.5. The Morgan fingerprint density at radius 1 is 0.917 bits per heavy atom. The number of rotatable bonds is 5. The predicted octanol–water partition coefficient (Wildman–Crippen LogP) is 4.45. The molecule has 3 aromatic rings. The molecule has 0 bridgehead atoms. The minimum atomic E-state index is -0.589. The van der Waals surface area contributed by atoms with Gasteiger partial charge in [0.2, 0.25) is 0 Å². The number of hydrogen-bond acceptors (Lipinski definition) is 3. The van der Waals surface area contributed by atoms with Gasteiger partial charge in [0.15, 0.2) is 0 Å². The zero-order valence-electron chi connectivity index (χ0n) is 12.7. The third kappa shape index (κ3) is 3.46. The second kappa shape index (κ2) is 7.00. The molecule has 0 saturated carbocycles. The first-order valence-electron chi connectivity index (χ1n) is 7.36. The van der Waals surface area contributed by atoms with Crippen LogP contribution in [0.1, 0.15) is 15.9 Å². The highest BCUT2D eigenvalue weighted by Crippen LogP contribution is 2.20. The van der Waals surface area contributed by atoms with Crippen LogP contribution in [0, 0.1) is 11.6 Å². The van der Waals surface area contributed by atoms with Crippen LogP contribution in [-0.4, -0.2) is 11.3 Å². The molecule has 1 aromatic heterocycles. The third-order valence-electron chi connectivity index (χ3n) is 3.65. The summed E-state index contributed by atoms with van der Waals surface area (Å²) in [4.78, 5) is 14.9. The molecule has 2 aromatic carbocycles. The number of aldehydes is 1. The molecule has 0 fully saturated rings. The van der Waals surface area contributed by atoms with Gasteiger partial charge in [-0.3, -0.25) is 4.79 Å². The van der Waals surface area contributed by atoms with Crippen LogP contribution < -0.4 is 5.32 Å². The summed E-state index contributed by atoms with van der Waals surface area (Å²) < 4.78 is 27.2. The molecule has 0 aliphatic carbocycles. The van der Waals surface area contributed by atoms with Crippen LogP contribution in [0.25, 0.3) is 11.1 Å². The topological polar surface area (TPSA) is 42.0 Å². The minimum absolute atomic E-state index is 0.0128. The Balaban J connectivity index is 1.71. The Labute approximate surface area is 138 Å². The standard InChI is InChI=1S/C19H14F2N2O/c20-17-2-1-3-18(21)16(17)11-23-19-9-8-15(10-22-19)14-6-4-13(12-24)5-7-14/h1-10,12H,11H2,(H,22,23). The van der Waals surface area contributed by atoms with Crippen molar-refractivity contribution in [3.8, 4) is 11.1 Å². The van der Waals surface area contributed by atoms with Crippen molar-refractivity contribution in [2.45, 2.75) is 6.54 Å². The zero-order chi connectivity index (χ0) is 16.9. The van der Waals surface area contributed by atoms with Crippen LogP contribution in [0.5, 0.6) is 0 Å². The Kier molecular flexibility index (Phi) is 4.61. The SMILES string of the molecule is O=Cc1ccc(-c2ccc(NCc3c(F)cccc3F)nc2)cc1. The predicted molar refractivity (Wildman–Crippen MR) is 88.7 cm³/mol. The number of aromatic nitrogens is 1. The second-order valence-corrected chi connectivity index (χ2v) is 5.23. The van der Waals surface area contributed by atoms with Gasteiger partial charge in [-0.2, -0.15) is 0 Å². The van der Waals surface area contributed by atoms with Gasteiger partial charge < -0.3 is 5.32 Å². The molecule has 0 amide bonds. The molecule has 0 aliphatic rings. The molecule has 0 aliphatic heterocycles. The molecule has 120 valence electrons. The Morgan fingerprint density at radius 3 is 2.17 bits per heavy atom. The van der Waals surface area contributed by atoms with Crippen molar-refractivity contribution in [2.75, 3.05) is 5.32 Å². The number of pyridine rings is 1. The lowest BCUT2D eigenvalue weighted by molar-refractivity contribution is 0.112. The molecule has 3 nitrogen and oxygen atoms in total. The molecule has 0 unspecified atom stereocenters. The molecule has 24 heavy (non-hydrogen) atoms. The Hall–Kier alpha value is -3.08. The number of halogens is 2. The fraction of sp³-hybridized carbons (Fsp3) is 0.0526. The summed E-state index contributed by atoms with van der Waals surface area (Å²) in [6.45, 7) is 0.0128. The highest BCUT2D eigenvalue weighted by Gasteiger charge is 2.08. The third-order valence-corrected chi connectivity index (χ3v) is 3.65. The lowest BCUT2D eigenvalue weighted by Crippen LogP contribution is -2.05. The first-order valence-corrected chi connectivity index (χ1v) is 7.36. The molecule has 0 spiro atoms. The maximum Gasteiger partial charge on any atom is 0.150 e. The number of carbonyl (C=O) groups is 1. The van der Waals surface area contributed by atoms with Crippen molar-refractivity contribution in [3.63, 3.8) is 0 Å². The number of anilines is 1. The average Bonchev–Trinajstić information content (AvgIpc) is 2.62. The number of benzene rings is 2. The van der Waals surface area contributed by atoms with E-state index in [9.17, 15) is 13.6 Å². The smallest absolute Gasteiger partial charge is 0.150 e. The quantitative estimate of drug-likeness (QED) is 0.705. The van der Waals surface area contributed by atoms with Crippen LogP contribution in [-0.2, 0) is 6.54 Å². The maximum absolute atomic E-state index is 13.6. The summed E-state index contributed by atoms with van der Waals surface area (Å²) in [5.41, 5.74) is 2.40. The van der Waals surface area contributed by atoms with E-state index in [1.807, 2.05) is 18.2 Å². The van der Waals surface area contributed by atoms with Crippen molar-refractivity contribution >= 4 is 12.1 Å². The van der Waals surface area contributed by atoms with Crippen LogP contribution in [0.15, 0.2) is 60.8 Å². The van der Waals surface area contributed by atoms with Gasteiger partial charge in [-0.05, 0) is 29.8 Å². The molecule has 1 N–H and O–H groups in total. The van der Waals surface area contributed by atoms with Crippen molar-refractivity contribution in [1.29, 1.82) is 0 Å². The van der Waals surface area contributed by atoms with E-state index in [-0.39, 0.29) is 12.1 Å². The molecule has 5 heteroatoms. The summed E-state index contributed by atoms with van der Waals surface area (Å²) in [6.07, 6.45) is 2.45. The average molecular weight is 324 g/mol. The van der Waals surface area contributed by atoms with Crippen LogP contribution in [0.3, 0.4) is 0 Å². The normalized spacial score (nSPS) is 10.4. The van der Waals surface area contributed by atoms with E-state index >= 15 is 0 Å². The molecule has 3 rings (SSSR count). The van der Waals surface area contributed by atoms with E-state index < -0.39 is 11.6 Å². The number of carbonyl (C=O) groups excluding carboxylic acids is 1. The monoisotopic (exact) mass is 324 g/mol. The van der Waals surface area contributed by atoms with Crippen LogP contribution in [0.4, 0.5) is 14.6 Å². The number of hydrogen-bond donors (Lipinski definition) is 1. The van der Waals surface area contributed by atoms with E-state index in [0.717, 1.165) is 17.4 Å². The fourth-order valence-electron chi connectivity index (χ4n) is 2.30. The zero-order valence-corrected chi connectivity index (χ0v) is 12.7. The van der Waals surface area contributed by atoms with E-state index in [2.05, 4.69) is 10.3 Å². The molecule has 0 atom stereocenters. The van der Waals surface area contributed by atoms with Gasteiger partial charge in [-0.15, -0.1) is 0 Å². The summed E-state index contributed by atoms with van der Waals surface area (Å²) in [5.74, 6) is -0.658. The first kappa shape index (κ1) is 15.8. The molecule has 0 radical (unpaired) electrons. The summed E-state index contributed by atoms with van der Waals surface area (Å²) in [7, 11) is 0. The molecule has 1 heterocycles. The van der Waals surface area contributed by atoms with Crippen molar-refractivity contribution < 1.29 is 13.6 Å². The largest absolute Gasteiger partial charge is 0.366 e. The van der Waals surface area contributed by atoms with Gasteiger partial charge in [0.05, 0.1) is 0 Å². The molecular weight excluding hydrogens is 310 g/mol. The Bertz CT molecular complexity index is 826. The van der Waals surface area contributed by atoms with Gasteiger partial charge in [0.25, 0.3) is 0 Å². The van der Waals surface area contributed by atoms with E-state index in [1.54, 1.807) is 24.4 Å². The number of nitrogens with zero attached hydrogens (tertiary/aromatic N) is 1. The first-order chi connectivity index (χ1) is 11.7. The van der Waals surface area contributed by atoms with Crippen molar-refractivity contribution in [2.24, 2.45) is 0 Å². The second-order valence-electron chi connectivity index (χ2n) is 5.23. The van der Waals surface area contributed by atoms with E-state index in [0.29, 0.717) is 11.4 Å². The van der Waals surface area contributed by atoms with Gasteiger partial charge in [0, 0.05) is 29.4 Å². The fourth-order valence-corrected chi connectivity index (χ4v) is 2.30. The highest BCUT2D eigenvalue weighted by atomic mass is 19.1. The number of nitrogens with one attached hydrogen (secondary N) is 1.